The van der Waals surface area contributed by atoms with E-state index in [1.807, 2.05) is 55.4 Å². The molecule has 1 aromatic carbocycles. The standard InChI is InChI=1S/C10H15N.4C2H6/c1-8(2)11-10-7-5-4-6-9(10)3;4*1-2/h4-8,11H,1-3H3;4*1-2H3. The van der Waals surface area contributed by atoms with Crippen LogP contribution in [0.25, 0.3) is 0 Å². The second kappa shape index (κ2) is 25.8. The Morgan fingerprint density at radius 3 is 1.42 bits per heavy atom. The van der Waals surface area contributed by atoms with Gasteiger partial charge in [0.15, 0.2) is 0 Å². The van der Waals surface area contributed by atoms with Gasteiger partial charge < -0.3 is 5.32 Å². The molecule has 0 fully saturated rings. The minimum Gasteiger partial charge on any atom is -0.383 e. The summed E-state index contributed by atoms with van der Waals surface area (Å²) in [7, 11) is 0. The fraction of sp³-hybridized carbons (Fsp3) is 0.667. The lowest BCUT2D eigenvalue weighted by atomic mass is 10.2. The number of hydrogen-bond donors (Lipinski definition) is 1. The van der Waals surface area contributed by atoms with E-state index in [4.69, 9.17) is 0 Å². The van der Waals surface area contributed by atoms with E-state index in [2.05, 4.69) is 50.4 Å². The molecule has 1 N–H and O–H groups in total. The Bertz CT molecular complexity index is 229. The van der Waals surface area contributed by atoms with E-state index in [0.717, 1.165) is 0 Å². The monoisotopic (exact) mass is 269 g/mol. The van der Waals surface area contributed by atoms with Crippen LogP contribution in [0.15, 0.2) is 24.3 Å². The third-order valence-corrected chi connectivity index (χ3v) is 1.59. The third-order valence-electron chi connectivity index (χ3n) is 1.59. The molecule has 0 heterocycles. The fourth-order valence-corrected chi connectivity index (χ4v) is 1.05. The number of nitrogens with one attached hydrogen (secondary N) is 1. The van der Waals surface area contributed by atoms with Crippen LogP contribution in [0.1, 0.15) is 74.8 Å². The van der Waals surface area contributed by atoms with Crippen LogP contribution in [0.3, 0.4) is 0 Å². The average Bonchev–Trinajstić information content (AvgIpc) is 2.49. The van der Waals surface area contributed by atoms with E-state index in [1.165, 1.54) is 11.3 Å². The first-order valence-corrected chi connectivity index (χ1v) is 8.02. The first kappa shape index (κ1) is 26.6. The van der Waals surface area contributed by atoms with Gasteiger partial charge in [0.05, 0.1) is 0 Å². The van der Waals surface area contributed by atoms with Crippen molar-refractivity contribution in [3.05, 3.63) is 29.8 Å². The highest BCUT2D eigenvalue weighted by Crippen LogP contribution is 2.13. The molecule has 0 bridgehead atoms. The molecule has 0 aliphatic carbocycles. The van der Waals surface area contributed by atoms with Crippen LogP contribution in [-0.4, -0.2) is 6.04 Å². The molecule has 0 aromatic heterocycles. The van der Waals surface area contributed by atoms with Crippen LogP contribution < -0.4 is 5.32 Å². The molecule has 0 spiro atoms. The van der Waals surface area contributed by atoms with Crippen molar-refractivity contribution in [1.29, 1.82) is 0 Å². The Hall–Kier alpha value is -0.980. The number of rotatable bonds is 2. The van der Waals surface area contributed by atoms with Crippen LogP contribution in [0.2, 0.25) is 0 Å². The quantitative estimate of drug-likeness (QED) is 0.614. The van der Waals surface area contributed by atoms with Gasteiger partial charge in [-0.2, -0.15) is 0 Å². The number of benzene rings is 1. The van der Waals surface area contributed by atoms with Gasteiger partial charge in [0.1, 0.15) is 0 Å². The molecule has 1 aromatic rings. The summed E-state index contributed by atoms with van der Waals surface area (Å²) in [6.07, 6.45) is 0. The van der Waals surface area contributed by atoms with Gasteiger partial charge in [0.25, 0.3) is 0 Å². The van der Waals surface area contributed by atoms with E-state index in [0.29, 0.717) is 6.04 Å². The van der Waals surface area contributed by atoms with Gasteiger partial charge >= 0.3 is 0 Å². The van der Waals surface area contributed by atoms with Crippen molar-refractivity contribution < 1.29 is 0 Å². The average molecular weight is 270 g/mol. The smallest absolute Gasteiger partial charge is 0.0371 e. The lowest BCUT2D eigenvalue weighted by Crippen LogP contribution is -2.10. The van der Waals surface area contributed by atoms with Gasteiger partial charge in [0, 0.05) is 11.7 Å². The van der Waals surface area contributed by atoms with Crippen LogP contribution >= 0.6 is 0 Å². The largest absolute Gasteiger partial charge is 0.383 e. The zero-order valence-electron chi connectivity index (χ0n) is 15.4. The lowest BCUT2D eigenvalue weighted by molar-refractivity contribution is 0.897. The molecule has 0 aliphatic rings. The summed E-state index contributed by atoms with van der Waals surface area (Å²) >= 11 is 0. The first-order valence-electron chi connectivity index (χ1n) is 8.02. The van der Waals surface area contributed by atoms with Crippen LogP contribution in [0.5, 0.6) is 0 Å². The topological polar surface area (TPSA) is 12.0 Å². The fourth-order valence-electron chi connectivity index (χ4n) is 1.05. The van der Waals surface area contributed by atoms with E-state index >= 15 is 0 Å². The number of anilines is 1. The predicted octanol–water partition coefficient (Wildman–Crippen LogP) is 6.92. The summed E-state index contributed by atoms with van der Waals surface area (Å²) < 4.78 is 0. The highest BCUT2D eigenvalue weighted by molar-refractivity contribution is 5.50. The summed E-state index contributed by atoms with van der Waals surface area (Å²) in [6, 6.07) is 8.84. The number of hydrogen-bond acceptors (Lipinski definition) is 1. The van der Waals surface area contributed by atoms with E-state index in [9.17, 15) is 0 Å². The van der Waals surface area contributed by atoms with Crippen LogP contribution in [0, 0.1) is 6.92 Å². The second-order valence-corrected chi connectivity index (χ2v) is 3.11. The van der Waals surface area contributed by atoms with Crippen molar-refractivity contribution in [2.75, 3.05) is 5.32 Å². The first-order chi connectivity index (χ1) is 9.20. The highest BCUT2D eigenvalue weighted by atomic mass is 14.9. The third kappa shape index (κ3) is 19.5. The van der Waals surface area contributed by atoms with E-state index in [-0.39, 0.29) is 0 Å². The maximum absolute atomic E-state index is 3.37. The van der Waals surface area contributed by atoms with Gasteiger partial charge in [-0.1, -0.05) is 73.6 Å². The van der Waals surface area contributed by atoms with Crippen LogP contribution in [0.4, 0.5) is 5.69 Å². The maximum atomic E-state index is 3.37. The van der Waals surface area contributed by atoms with Gasteiger partial charge in [-0.25, -0.2) is 0 Å². The molecule has 0 radical (unpaired) electrons. The molecule has 0 saturated carbocycles. The van der Waals surface area contributed by atoms with Crippen molar-refractivity contribution in [3.63, 3.8) is 0 Å². The molecule has 0 aliphatic heterocycles. The predicted molar refractivity (Wildman–Crippen MR) is 95.3 cm³/mol. The van der Waals surface area contributed by atoms with Crippen molar-refractivity contribution in [2.45, 2.75) is 82.2 Å². The molecule has 116 valence electrons. The minimum absolute atomic E-state index is 0.510. The zero-order chi connectivity index (χ0) is 16.3. The molecule has 0 saturated heterocycles. The minimum atomic E-state index is 0.510. The van der Waals surface area contributed by atoms with Gasteiger partial charge in [-0.15, -0.1) is 0 Å². The maximum Gasteiger partial charge on any atom is 0.0371 e. The van der Waals surface area contributed by atoms with Gasteiger partial charge in [0.2, 0.25) is 0 Å². The molecule has 1 nitrogen and oxygen atoms in total. The van der Waals surface area contributed by atoms with Crippen LogP contribution in [-0.2, 0) is 0 Å². The van der Waals surface area contributed by atoms with Crippen molar-refractivity contribution in [3.8, 4) is 0 Å². The SMILES string of the molecule is CC.CC.CC.CC.Cc1ccccc1NC(C)C. The second-order valence-electron chi connectivity index (χ2n) is 3.11. The number of aryl methyl sites for hydroxylation is 1. The molecule has 0 atom stereocenters. The molecular weight excluding hydrogens is 230 g/mol. The summed E-state index contributed by atoms with van der Waals surface area (Å²) in [5, 5.41) is 3.37. The highest BCUT2D eigenvalue weighted by Gasteiger charge is 1.96. The van der Waals surface area contributed by atoms with Crippen molar-refractivity contribution >= 4 is 5.69 Å². The Morgan fingerprint density at radius 2 is 1.11 bits per heavy atom. The molecule has 1 heteroatoms. The van der Waals surface area contributed by atoms with E-state index < -0.39 is 0 Å². The van der Waals surface area contributed by atoms with Crippen molar-refractivity contribution in [1.82, 2.24) is 0 Å². The Balaban J connectivity index is -0.000000121. The summed E-state index contributed by atoms with van der Waals surface area (Å²) in [4.78, 5) is 0. The Morgan fingerprint density at radius 1 is 0.737 bits per heavy atom. The molecule has 19 heavy (non-hydrogen) atoms. The molecule has 0 amide bonds. The lowest BCUT2D eigenvalue weighted by Gasteiger charge is -2.11. The normalized spacial score (nSPS) is 7.16. The summed E-state index contributed by atoms with van der Waals surface area (Å²) in [5.41, 5.74) is 2.55. The Kier molecular flexibility index (Phi) is 36.0. The summed E-state index contributed by atoms with van der Waals surface area (Å²) in [6.45, 7) is 22.4. The van der Waals surface area contributed by atoms with Crippen molar-refractivity contribution in [2.24, 2.45) is 0 Å². The number of para-hydroxylation sites is 1. The summed E-state index contributed by atoms with van der Waals surface area (Å²) in [5.74, 6) is 0. The van der Waals surface area contributed by atoms with E-state index in [1.54, 1.807) is 0 Å². The molecule has 0 unspecified atom stereocenters. The zero-order valence-corrected chi connectivity index (χ0v) is 15.4. The van der Waals surface area contributed by atoms with Gasteiger partial charge in [-0.05, 0) is 32.4 Å². The Labute approximate surface area is 123 Å². The molecule has 1 rings (SSSR count). The molecular formula is C18H39N. The van der Waals surface area contributed by atoms with Gasteiger partial charge in [-0.3, -0.25) is 0 Å².